The lowest BCUT2D eigenvalue weighted by molar-refractivity contribution is -0.138. The number of amides is 1. The summed E-state index contributed by atoms with van der Waals surface area (Å²) in [6.45, 7) is 2.50. The van der Waals surface area contributed by atoms with Crippen molar-refractivity contribution in [2.45, 2.75) is 45.1 Å². The van der Waals surface area contributed by atoms with Crippen LogP contribution in [0.25, 0.3) is 0 Å². The van der Waals surface area contributed by atoms with Crippen LogP contribution in [-0.4, -0.2) is 46.0 Å². The molecule has 1 fully saturated rings. The van der Waals surface area contributed by atoms with Crippen LogP contribution in [0.5, 0.6) is 0 Å². The first-order chi connectivity index (χ1) is 8.15. The molecule has 5 heteroatoms. The van der Waals surface area contributed by atoms with E-state index in [-0.39, 0.29) is 12.3 Å². The number of carboxylic acid groups (broad SMARTS) is 1. The summed E-state index contributed by atoms with van der Waals surface area (Å²) in [6.07, 6.45) is 4.40. The quantitative estimate of drug-likeness (QED) is 0.643. The summed E-state index contributed by atoms with van der Waals surface area (Å²) in [7, 11) is 0. The Kier molecular flexibility index (Phi) is 6.40. The number of rotatable bonds is 9. The molecule has 0 atom stereocenters. The maximum absolute atomic E-state index is 11.9. The predicted molar refractivity (Wildman–Crippen MR) is 69.2 cm³/mol. The van der Waals surface area contributed by atoms with E-state index in [0.29, 0.717) is 18.3 Å². The van der Waals surface area contributed by atoms with Gasteiger partial charge in [0.05, 0.1) is 12.2 Å². The molecule has 1 aliphatic carbocycles. The lowest BCUT2D eigenvalue weighted by Crippen LogP contribution is -2.36. The lowest BCUT2D eigenvalue weighted by Gasteiger charge is -2.21. The van der Waals surface area contributed by atoms with Crippen molar-refractivity contribution in [3.05, 3.63) is 0 Å². The number of thioether (sulfide) groups is 1. The monoisotopic (exact) mass is 259 g/mol. The molecule has 0 heterocycles. The van der Waals surface area contributed by atoms with Gasteiger partial charge in [-0.05, 0) is 25.0 Å². The fourth-order valence-corrected chi connectivity index (χ4v) is 2.58. The molecule has 17 heavy (non-hydrogen) atoms. The van der Waals surface area contributed by atoms with Gasteiger partial charge in [0, 0.05) is 12.6 Å². The fourth-order valence-electron chi connectivity index (χ4n) is 1.60. The highest BCUT2D eigenvalue weighted by molar-refractivity contribution is 7.99. The largest absolute Gasteiger partial charge is 0.481 e. The Labute approximate surface area is 107 Å². The number of aliphatic carboxylic acids is 1. The van der Waals surface area contributed by atoms with E-state index >= 15 is 0 Å². The van der Waals surface area contributed by atoms with Gasteiger partial charge in [-0.1, -0.05) is 13.3 Å². The minimum absolute atomic E-state index is 0.0574. The zero-order valence-electron chi connectivity index (χ0n) is 10.4. The summed E-state index contributed by atoms with van der Waals surface area (Å²) in [6, 6.07) is 0.314. The average molecular weight is 259 g/mol. The maximum Gasteiger partial charge on any atom is 0.305 e. The lowest BCUT2D eigenvalue weighted by atomic mass is 10.3. The van der Waals surface area contributed by atoms with Crippen molar-refractivity contribution in [2.75, 3.05) is 18.1 Å². The van der Waals surface area contributed by atoms with E-state index in [1.807, 2.05) is 0 Å². The Bertz CT molecular complexity index is 266. The van der Waals surface area contributed by atoms with Gasteiger partial charge in [-0.3, -0.25) is 9.59 Å². The Balaban J connectivity index is 2.25. The summed E-state index contributed by atoms with van der Waals surface area (Å²) in [5.74, 6) is 0.785. The van der Waals surface area contributed by atoms with Gasteiger partial charge in [0.1, 0.15) is 0 Å². The average Bonchev–Trinajstić information content (AvgIpc) is 3.08. The molecular weight excluding hydrogens is 238 g/mol. The highest BCUT2D eigenvalue weighted by Gasteiger charge is 2.32. The molecule has 0 aromatic heterocycles. The highest BCUT2D eigenvalue weighted by Crippen LogP contribution is 2.27. The molecule has 1 saturated carbocycles. The number of hydrogen-bond acceptors (Lipinski definition) is 3. The van der Waals surface area contributed by atoms with Gasteiger partial charge in [0.2, 0.25) is 5.91 Å². The SMILES string of the molecule is CCCCSCC(=O)N(CCC(=O)O)C1CC1. The van der Waals surface area contributed by atoms with Gasteiger partial charge in [0.25, 0.3) is 0 Å². The zero-order valence-corrected chi connectivity index (χ0v) is 11.2. The van der Waals surface area contributed by atoms with Gasteiger partial charge >= 0.3 is 5.97 Å². The number of unbranched alkanes of at least 4 members (excludes halogenated alkanes) is 1. The third-order valence-electron chi connectivity index (χ3n) is 2.74. The van der Waals surface area contributed by atoms with Crippen molar-refractivity contribution in [1.82, 2.24) is 4.90 Å². The van der Waals surface area contributed by atoms with E-state index < -0.39 is 5.97 Å². The van der Waals surface area contributed by atoms with E-state index in [4.69, 9.17) is 5.11 Å². The van der Waals surface area contributed by atoms with E-state index in [9.17, 15) is 9.59 Å². The van der Waals surface area contributed by atoms with Crippen LogP contribution in [-0.2, 0) is 9.59 Å². The molecule has 1 amide bonds. The first kappa shape index (κ1) is 14.4. The molecule has 0 aliphatic heterocycles. The smallest absolute Gasteiger partial charge is 0.305 e. The third kappa shape index (κ3) is 5.96. The predicted octanol–water partition coefficient (Wildman–Crippen LogP) is 1.99. The van der Waals surface area contributed by atoms with E-state index in [1.165, 1.54) is 0 Å². The van der Waals surface area contributed by atoms with Crippen molar-refractivity contribution in [2.24, 2.45) is 0 Å². The number of carboxylic acids is 1. The second-order valence-corrected chi connectivity index (χ2v) is 5.47. The molecule has 0 radical (unpaired) electrons. The van der Waals surface area contributed by atoms with E-state index in [2.05, 4.69) is 6.92 Å². The number of hydrogen-bond donors (Lipinski definition) is 1. The standard InChI is InChI=1S/C12H21NO3S/c1-2-3-8-17-9-11(14)13(10-4-5-10)7-6-12(15)16/h10H,2-9H2,1H3,(H,15,16). The molecule has 0 spiro atoms. The summed E-state index contributed by atoms with van der Waals surface area (Å²) >= 11 is 1.66. The summed E-state index contributed by atoms with van der Waals surface area (Å²) in [4.78, 5) is 24.2. The molecule has 0 bridgehead atoms. The maximum atomic E-state index is 11.9. The minimum Gasteiger partial charge on any atom is -0.481 e. The molecule has 4 nitrogen and oxygen atoms in total. The number of nitrogens with zero attached hydrogens (tertiary/aromatic N) is 1. The van der Waals surface area contributed by atoms with Crippen LogP contribution < -0.4 is 0 Å². The third-order valence-corrected chi connectivity index (χ3v) is 3.77. The topological polar surface area (TPSA) is 57.6 Å². The Hall–Kier alpha value is -0.710. The molecule has 1 aliphatic rings. The van der Waals surface area contributed by atoms with Crippen LogP contribution in [0.2, 0.25) is 0 Å². The molecule has 0 aromatic rings. The molecule has 0 saturated heterocycles. The van der Waals surface area contributed by atoms with Crippen molar-refractivity contribution in [3.63, 3.8) is 0 Å². The van der Waals surface area contributed by atoms with Crippen LogP contribution in [0.1, 0.15) is 39.0 Å². The first-order valence-electron chi connectivity index (χ1n) is 6.24. The number of carbonyl (C=O) groups excluding carboxylic acids is 1. The van der Waals surface area contributed by atoms with Gasteiger partial charge in [0.15, 0.2) is 0 Å². The zero-order chi connectivity index (χ0) is 12.7. The summed E-state index contributed by atoms with van der Waals surface area (Å²) < 4.78 is 0. The molecule has 1 rings (SSSR count). The molecule has 1 N–H and O–H groups in total. The fraction of sp³-hybridized carbons (Fsp3) is 0.833. The van der Waals surface area contributed by atoms with Gasteiger partial charge in [-0.15, -0.1) is 0 Å². The first-order valence-corrected chi connectivity index (χ1v) is 7.39. The normalized spacial score (nSPS) is 14.6. The summed E-state index contributed by atoms with van der Waals surface area (Å²) in [5, 5.41) is 8.65. The highest BCUT2D eigenvalue weighted by atomic mass is 32.2. The second kappa shape index (κ2) is 7.58. The van der Waals surface area contributed by atoms with E-state index in [1.54, 1.807) is 16.7 Å². The Morgan fingerprint density at radius 2 is 2.12 bits per heavy atom. The van der Waals surface area contributed by atoms with Crippen molar-refractivity contribution in [1.29, 1.82) is 0 Å². The second-order valence-electron chi connectivity index (χ2n) is 4.37. The van der Waals surface area contributed by atoms with E-state index in [0.717, 1.165) is 31.4 Å². The van der Waals surface area contributed by atoms with Gasteiger partial charge in [-0.25, -0.2) is 0 Å². The number of carbonyl (C=O) groups is 2. The van der Waals surface area contributed by atoms with Gasteiger partial charge in [-0.2, -0.15) is 11.8 Å². The van der Waals surface area contributed by atoms with Crippen LogP contribution in [0, 0.1) is 0 Å². The summed E-state index contributed by atoms with van der Waals surface area (Å²) in [5.41, 5.74) is 0. The van der Waals surface area contributed by atoms with Crippen LogP contribution in [0.15, 0.2) is 0 Å². The Morgan fingerprint density at radius 3 is 2.65 bits per heavy atom. The van der Waals surface area contributed by atoms with Crippen LogP contribution in [0.4, 0.5) is 0 Å². The van der Waals surface area contributed by atoms with Gasteiger partial charge < -0.3 is 10.0 Å². The van der Waals surface area contributed by atoms with Crippen molar-refractivity contribution in [3.8, 4) is 0 Å². The Morgan fingerprint density at radius 1 is 1.41 bits per heavy atom. The molecular formula is C12H21NO3S. The minimum atomic E-state index is -0.831. The molecule has 0 aromatic carbocycles. The van der Waals surface area contributed by atoms with Crippen molar-refractivity contribution < 1.29 is 14.7 Å². The molecule has 0 unspecified atom stereocenters. The van der Waals surface area contributed by atoms with Crippen molar-refractivity contribution >= 4 is 23.6 Å². The molecule has 98 valence electrons. The van der Waals surface area contributed by atoms with Crippen LogP contribution >= 0.6 is 11.8 Å². The van der Waals surface area contributed by atoms with Crippen LogP contribution in [0.3, 0.4) is 0 Å².